The quantitative estimate of drug-likeness (QED) is 0.193. The fourth-order valence-corrected chi connectivity index (χ4v) is 7.05. The van der Waals surface area contributed by atoms with Gasteiger partial charge < -0.3 is 19.9 Å². The first-order valence-electron chi connectivity index (χ1n) is 17.3. The lowest BCUT2D eigenvalue weighted by molar-refractivity contribution is -0.138. The first-order valence-corrected chi connectivity index (χ1v) is 17.3. The normalized spacial score (nSPS) is 20.4. The van der Waals surface area contributed by atoms with Gasteiger partial charge in [-0.15, -0.1) is 6.58 Å². The Morgan fingerprint density at radius 1 is 1.04 bits per heavy atom. The average Bonchev–Trinajstić information content (AvgIpc) is 3.72. The fraction of sp³-hybridized carbons (Fsp3) is 0.622. The van der Waals surface area contributed by atoms with E-state index in [4.69, 9.17) is 4.74 Å². The summed E-state index contributed by atoms with van der Waals surface area (Å²) in [5, 5.41) is 2.94. The molecule has 4 rings (SSSR count). The second-order valence-corrected chi connectivity index (χ2v) is 13.4. The van der Waals surface area contributed by atoms with Crippen LogP contribution in [-0.4, -0.2) is 84.0 Å². The van der Waals surface area contributed by atoms with Crippen LogP contribution in [0.5, 0.6) is 5.75 Å². The zero-order valence-corrected chi connectivity index (χ0v) is 27.6. The summed E-state index contributed by atoms with van der Waals surface area (Å²) in [4.78, 5) is 57.8. The van der Waals surface area contributed by atoms with Gasteiger partial charge in [0.25, 0.3) is 5.92 Å². The number of ether oxygens (including phenoxy) is 1. The summed E-state index contributed by atoms with van der Waals surface area (Å²) in [7, 11) is 0. The highest BCUT2D eigenvalue weighted by atomic mass is 19.3. The van der Waals surface area contributed by atoms with Gasteiger partial charge in [0.1, 0.15) is 12.4 Å². The third-order valence-electron chi connectivity index (χ3n) is 9.83. The molecule has 1 aromatic rings. The first kappa shape index (κ1) is 36.4. The number of likely N-dealkylation sites (tertiary alicyclic amines) is 2. The molecule has 8 nitrogen and oxygen atoms in total. The van der Waals surface area contributed by atoms with E-state index >= 15 is 0 Å². The lowest BCUT2D eigenvalue weighted by Gasteiger charge is -2.33. The molecule has 2 amide bonds. The third-order valence-corrected chi connectivity index (χ3v) is 9.83. The van der Waals surface area contributed by atoms with Crippen molar-refractivity contribution in [2.45, 2.75) is 101 Å². The van der Waals surface area contributed by atoms with E-state index < -0.39 is 29.8 Å². The predicted molar refractivity (Wildman–Crippen MR) is 177 cm³/mol. The van der Waals surface area contributed by atoms with Crippen LogP contribution in [0.4, 0.5) is 8.78 Å². The van der Waals surface area contributed by atoms with Gasteiger partial charge in [0.2, 0.25) is 11.8 Å². The van der Waals surface area contributed by atoms with Crippen LogP contribution in [0.25, 0.3) is 0 Å². The lowest BCUT2D eigenvalue weighted by atomic mass is 9.90. The summed E-state index contributed by atoms with van der Waals surface area (Å²) in [5.74, 6) is -3.31. The number of hydrogen-bond acceptors (Lipinski definition) is 6. The topological polar surface area (TPSA) is 96.0 Å². The van der Waals surface area contributed by atoms with Gasteiger partial charge in [0.15, 0.2) is 11.6 Å². The number of carbonyl (C=O) groups is 4. The van der Waals surface area contributed by atoms with Crippen LogP contribution in [0, 0.1) is 11.8 Å². The maximum absolute atomic E-state index is 14.1. The monoisotopic (exact) mass is 655 g/mol. The van der Waals surface area contributed by atoms with Gasteiger partial charge in [0, 0.05) is 64.1 Å². The molecule has 258 valence electrons. The van der Waals surface area contributed by atoms with Crippen molar-refractivity contribution in [3.05, 3.63) is 55.1 Å². The van der Waals surface area contributed by atoms with Crippen LogP contribution in [-0.2, 0) is 25.6 Å². The molecule has 10 heteroatoms. The van der Waals surface area contributed by atoms with E-state index in [9.17, 15) is 28.0 Å². The van der Waals surface area contributed by atoms with Crippen molar-refractivity contribution in [1.29, 1.82) is 0 Å². The zero-order valence-electron chi connectivity index (χ0n) is 27.6. The number of amides is 2. The SMILES string of the molecule is C=CCOc1cccc(C[C@@H](C(=O)C[C@@H](CCN2CCC(F)(F)CC2)C(=O)N[C@@H](CC=C)C(=O)CC2CCCC2)N2CCCC2=O)c1. The van der Waals surface area contributed by atoms with E-state index in [0.29, 0.717) is 50.6 Å². The number of ketones is 2. The second kappa shape index (κ2) is 17.7. The molecule has 2 saturated heterocycles. The fourth-order valence-electron chi connectivity index (χ4n) is 7.05. The van der Waals surface area contributed by atoms with Gasteiger partial charge in [-0.1, -0.05) is 56.5 Å². The molecule has 3 atom stereocenters. The molecule has 1 aromatic carbocycles. The van der Waals surface area contributed by atoms with Crippen molar-refractivity contribution in [2.75, 3.05) is 32.8 Å². The molecule has 0 aromatic heterocycles. The second-order valence-electron chi connectivity index (χ2n) is 13.4. The molecule has 47 heavy (non-hydrogen) atoms. The number of benzene rings is 1. The van der Waals surface area contributed by atoms with Gasteiger partial charge in [-0.05, 0) is 49.4 Å². The molecule has 0 radical (unpaired) electrons. The minimum absolute atomic E-state index is 0.0346. The largest absolute Gasteiger partial charge is 0.490 e. The molecular weight excluding hydrogens is 604 g/mol. The number of hydrogen-bond donors (Lipinski definition) is 1. The molecule has 1 aliphatic carbocycles. The van der Waals surface area contributed by atoms with Crippen molar-refractivity contribution >= 4 is 23.4 Å². The Morgan fingerprint density at radius 2 is 1.79 bits per heavy atom. The van der Waals surface area contributed by atoms with Crippen molar-refractivity contribution in [3.63, 3.8) is 0 Å². The molecule has 3 aliphatic rings. The summed E-state index contributed by atoms with van der Waals surface area (Å²) in [6, 6.07) is 5.87. The minimum atomic E-state index is -2.69. The van der Waals surface area contributed by atoms with E-state index in [2.05, 4.69) is 18.5 Å². The Hall–Kier alpha value is -3.40. The summed E-state index contributed by atoms with van der Waals surface area (Å²) in [6.07, 6.45) is 9.12. The molecule has 0 unspecified atom stereocenters. The molecule has 0 spiro atoms. The first-order chi connectivity index (χ1) is 22.6. The predicted octanol–water partition coefficient (Wildman–Crippen LogP) is 5.69. The van der Waals surface area contributed by atoms with Crippen molar-refractivity contribution in [3.8, 4) is 5.75 Å². The third kappa shape index (κ3) is 11.1. The zero-order chi connectivity index (χ0) is 33.8. The molecule has 1 saturated carbocycles. The van der Waals surface area contributed by atoms with E-state index in [1.165, 1.54) is 0 Å². The van der Waals surface area contributed by atoms with Crippen LogP contribution in [0.15, 0.2) is 49.6 Å². The smallest absolute Gasteiger partial charge is 0.250 e. The Labute approximate surface area is 278 Å². The number of nitrogens with zero attached hydrogens (tertiary/aromatic N) is 2. The maximum Gasteiger partial charge on any atom is 0.250 e. The molecular formula is C37H51F2N3O5. The van der Waals surface area contributed by atoms with Crippen LogP contribution < -0.4 is 10.1 Å². The Bertz CT molecular complexity index is 1250. The van der Waals surface area contributed by atoms with Gasteiger partial charge in [-0.2, -0.15) is 0 Å². The number of nitrogens with one attached hydrogen (secondary N) is 1. The Kier molecular flexibility index (Phi) is 13.7. The van der Waals surface area contributed by atoms with Gasteiger partial charge in [-0.25, -0.2) is 8.78 Å². The molecule has 2 aliphatic heterocycles. The van der Waals surface area contributed by atoms with Crippen LogP contribution in [0.2, 0.25) is 0 Å². The van der Waals surface area contributed by atoms with Crippen molar-refractivity contribution in [1.82, 2.24) is 15.1 Å². The molecule has 3 fully saturated rings. The summed E-state index contributed by atoms with van der Waals surface area (Å²) >= 11 is 0. The van der Waals surface area contributed by atoms with E-state index in [-0.39, 0.29) is 69.1 Å². The van der Waals surface area contributed by atoms with E-state index in [1.54, 1.807) is 17.1 Å². The van der Waals surface area contributed by atoms with Gasteiger partial charge in [-0.3, -0.25) is 19.2 Å². The van der Waals surface area contributed by atoms with Crippen LogP contribution >= 0.6 is 0 Å². The van der Waals surface area contributed by atoms with Crippen LogP contribution in [0.1, 0.15) is 82.6 Å². The van der Waals surface area contributed by atoms with Crippen LogP contribution in [0.3, 0.4) is 0 Å². The number of halogens is 2. The van der Waals surface area contributed by atoms with E-state index in [1.807, 2.05) is 29.2 Å². The highest BCUT2D eigenvalue weighted by Crippen LogP contribution is 2.30. The summed E-state index contributed by atoms with van der Waals surface area (Å²) < 4.78 is 33.3. The number of piperidine rings is 1. The van der Waals surface area contributed by atoms with Gasteiger partial charge in [0.05, 0.1) is 12.1 Å². The number of Topliss-reactive ketones (excluding diaryl/α,β-unsaturated/α-hetero) is 2. The number of alkyl halides is 2. The molecule has 1 N–H and O–H groups in total. The number of carbonyl (C=O) groups excluding carboxylic acids is 4. The molecule has 2 heterocycles. The summed E-state index contributed by atoms with van der Waals surface area (Å²) in [5.41, 5.74) is 0.823. The highest BCUT2D eigenvalue weighted by molar-refractivity contribution is 5.95. The Balaban J connectivity index is 1.51. The summed E-state index contributed by atoms with van der Waals surface area (Å²) in [6.45, 7) is 9.05. The standard InChI is InChI=1S/C37H51F2N3O5/c1-3-9-31(33(43)25-27-10-5-6-11-27)40-36(46)29(15-19-41-20-16-37(38,39)17-21-41)26-34(44)32(42-18-8-14-35(42)45)24-28-12-7-13-30(23-28)47-22-4-2/h3-4,7,12-13,23,27,29,31-32H,1-2,5-6,8-11,14-22,24-26H2,(H,40,46)/t29-,31+,32+/m1/s1. The lowest BCUT2D eigenvalue weighted by Crippen LogP contribution is -2.48. The van der Waals surface area contributed by atoms with Gasteiger partial charge >= 0.3 is 0 Å². The van der Waals surface area contributed by atoms with Crippen molar-refractivity contribution in [2.24, 2.45) is 11.8 Å². The maximum atomic E-state index is 14.1. The van der Waals surface area contributed by atoms with E-state index in [0.717, 1.165) is 31.2 Å². The highest BCUT2D eigenvalue weighted by Gasteiger charge is 2.37. The minimum Gasteiger partial charge on any atom is -0.490 e. The van der Waals surface area contributed by atoms with Crippen molar-refractivity contribution < 1.29 is 32.7 Å². The Morgan fingerprint density at radius 3 is 2.45 bits per heavy atom. The number of rotatable bonds is 19. The average molecular weight is 656 g/mol. The molecule has 0 bridgehead atoms.